The molecule has 2 saturated heterocycles. The van der Waals surface area contributed by atoms with Crippen molar-refractivity contribution in [3.8, 4) is 16.9 Å². The number of nitrogens with one attached hydrogen (secondary N) is 1. The quantitative estimate of drug-likeness (QED) is 0.577. The first-order chi connectivity index (χ1) is 17.1. The van der Waals surface area contributed by atoms with Crippen LogP contribution in [0.15, 0.2) is 36.4 Å². The number of ether oxygens (including phenoxy) is 2. The number of carbonyl (C=O) groups excluding carboxylic acids is 1. The van der Waals surface area contributed by atoms with E-state index >= 15 is 0 Å². The largest absolute Gasteiger partial charge is 0.487 e. The van der Waals surface area contributed by atoms with Crippen LogP contribution in [0.25, 0.3) is 11.1 Å². The van der Waals surface area contributed by atoms with Gasteiger partial charge in [-0.15, -0.1) is 0 Å². The minimum absolute atomic E-state index is 0.0211. The first-order valence-corrected chi connectivity index (χ1v) is 13.6. The van der Waals surface area contributed by atoms with Crippen molar-refractivity contribution in [3.63, 3.8) is 0 Å². The highest BCUT2D eigenvalue weighted by molar-refractivity contribution is 6.34. The third-order valence-electron chi connectivity index (χ3n) is 8.14. The number of piperidine rings is 1. The zero-order valence-corrected chi connectivity index (χ0v) is 21.5. The molecule has 0 radical (unpaired) electrons. The van der Waals surface area contributed by atoms with E-state index in [0.717, 1.165) is 61.8 Å². The van der Waals surface area contributed by atoms with Gasteiger partial charge in [0.05, 0.1) is 10.6 Å². The van der Waals surface area contributed by atoms with Gasteiger partial charge in [0.1, 0.15) is 11.4 Å². The summed E-state index contributed by atoms with van der Waals surface area (Å²) < 4.78 is 11.6. The number of nitrogens with zero attached hydrogens (tertiary/aromatic N) is 1. The molecule has 3 heterocycles. The van der Waals surface area contributed by atoms with E-state index < -0.39 is 0 Å². The van der Waals surface area contributed by atoms with Crippen LogP contribution in [0.1, 0.15) is 67.3 Å². The van der Waals surface area contributed by atoms with Crippen molar-refractivity contribution in [2.75, 3.05) is 33.4 Å². The molecule has 0 atom stereocenters. The van der Waals surface area contributed by atoms with E-state index in [4.69, 9.17) is 21.1 Å². The van der Waals surface area contributed by atoms with Gasteiger partial charge in [0.15, 0.2) is 0 Å². The lowest BCUT2D eigenvalue weighted by molar-refractivity contribution is -0.0336. The van der Waals surface area contributed by atoms with E-state index in [1.54, 1.807) is 13.1 Å². The molecule has 2 aromatic carbocycles. The summed E-state index contributed by atoms with van der Waals surface area (Å²) in [5.41, 5.74) is 3.92. The maximum Gasteiger partial charge on any atom is 0.252 e. The van der Waals surface area contributed by atoms with Crippen LogP contribution in [0, 0.1) is 0 Å². The standard InChI is InChI=1S/C25H29ClN2O2.C4H8O/c1-27-24(29)21-7-5-18(16-22(21)26)17-6-8-23-19(15-17)9-10-25(30-23)11-13-28(14-12-25)20-3-2-4-20;1-2-4-5-3-1/h5-8,15-16,20H,2-4,9-14H2,1H3,(H,27,29);1-4H2. The second-order valence-corrected chi connectivity index (χ2v) is 10.7. The van der Waals surface area contributed by atoms with Crippen molar-refractivity contribution < 1.29 is 14.3 Å². The smallest absolute Gasteiger partial charge is 0.252 e. The normalized spacial score (nSPS) is 21.3. The second-order valence-electron chi connectivity index (χ2n) is 10.3. The monoisotopic (exact) mass is 496 g/mol. The molecule has 1 N–H and O–H groups in total. The van der Waals surface area contributed by atoms with Crippen molar-refractivity contribution >= 4 is 17.5 Å². The Morgan fingerprint density at radius 2 is 1.71 bits per heavy atom. The van der Waals surface area contributed by atoms with E-state index in [0.29, 0.717) is 10.6 Å². The molecule has 0 unspecified atom stereocenters. The van der Waals surface area contributed by atoms with Gasteiger partial charge in [0, 0.05) is 39.4 Å². The molecule has 1 aliphatic carbocycles. The molecule has 1 amide bonds. The number of rotatable bonds is 3. The molecule has 3 fully saturated rings. The molecule has 2 aromatic rings. The fourth-order valence-electron chi connectivity index (χ4n) is 5.63. The van der Waals surface area contributed by atoms with Crippen molar-refractivity contribution in [2.24, 2.45) is 0 Å². The molecule has 6 rings (SSSR count). The predicted molar refractivity (Wildman–Crippen MR) is 140 cm³/mol. The first kappa shape index (κ1) is 24.6. The molecule has 188 valence electrons. The van der Waals surface area contributed by atoms with Crippen LogP contribution in [-0.4, -0.2) is 55.8 Å². The highest BCUT2D eigenvalue weighted by Crippen LogP contribution is 2.42. The zero-order chi connectivity index (χ0) is 24.3. The van der Waals surface area contributed by atoms with Gasteiger partial charge in [0.25, 0.3) is 5.91 Å². The molecular weight excluding hydrogens is 460 g/mol. The molecule has 4 aliphatic rings. The SMILES string of the molecule is C1CCOC1.CNC(=O)c1ccc(-c2ccc3c(c2)CCC2(CCN(C4CCC4)CC2)O3)cc1Cl. The van der Waals surface area contributed by atoms with Crippen molar-refractivity contribution in [3.05, 3.63) is 52.5 Å². The second kappa shape index (κ2) is 10.9. The van der Waals surface area contributed by atoms with Crippen LogP contribution in [-0.2, 0) is 11.2 Å². The minimum atomic E-state index is -0.168. The summed E-state index contributed by atoms with van der Waals surface area (Å²) in [7, 11) is 1.61. The predicted octanol–water partition coefficient (Wildman–Crippen LogP) is 5.88. The molecular formula is C29H37ClN2O3. The summed E-state index contributed by atoms with van der Waals surface area (Å²) in [6, 6.07) is 12.9. The summed E-state index contributed by atoms with van der Waals surface area (Å²) in [5, 5.41) is 3.09. The van der Waals surface area contributed by atoms with Gasteiger partial charge in [-0.05, 0) is 92.3 Å². The summed E-state index contributed by atoms with van der Waals surface area (Å²) in [6.07, 6.45) is 11.1. The Bertz CT molecular complexity index is 1030. The topological polar surface area (TPSA) is 50.8 Å². The summed E-state index contributed by atoms with van der Waals surface area (Å²) in [6.45, 7) is 4.35. The lowest BCUT2D eigenvalue weighted by Crippen LogP contribution is -2.53. The van der Waals surface area contributed by atoms with E-state index in [1.807, 2.05) is 12.1 Å². The Hall–Kier alpha value is -2.08. The van der Waals surface area contributed by atoms with Crippen molar-refractivity contribution in [1.82, 2.24) is 10.2 Å². The van der Waals surface area contributed by atoms with E-state index in [2.05, 4.69) is 28.4 Å². The maximum atomic E-state index is 11.9. The van der Waals surface area contributed by atoms with Gasteiger partial charge in [-0.1, -0.05) is 30.2 Å². The highest BCUT2D eigenvalue weighted by Gasteiger charge is 2.41. The number of benzene rings is 2. The highest BCUT2D eigenvalue weighted by atomic mass is 35.5. The lowest BCUT2D eigenvalue weighted by atomic mass is 9.81. The minimum Gasteiger partial charge on any atom is -0.487 e. The van der Waals surface area contributed by atoms with Gasteiger partial charge < -0.3 is 19.7 Å². The number of likely N-dealkylation sites (tertiary alicyclic amines) is 1. The number of aryl methyl sites for hydroxylation is 1. The van der Waals surface area contributed by atoms with Crippen LogP contribution < -0.4 is 10.1 Å². The fourth-order valence-corrected chi connectivity index (χ4v) is 5.89. The van der Waals surface area contributed by atoms with Crippen LogP contribution >= 0.6 is 11.6 Å². The van der Waals surface area contributed by atoms with Gasteiger partial charge in [0.2, 0.25) is 0 Å². The molecule has 0 bridgehead atoms. The summed E-state index contributed by atoms with van der Waals surface area (Å²) in [5.74, 6) is 0.870. The first-order valence-electron chi connectivity index (χ1n) is 13.2. The zero-order valence-electron chi connectivity index (χ0n) is 20.8. The lowest BCUT2D eigenvalue weighted by Gasteiger charge is -2.48. The van der Waals surface area contributed by atoms with Crippen molar-refractivity contribution in [2.45, 2.75) is 69.4 Å². The van der Waals surface area contributed by atoms with E-state index in [9.17, 15) is 4.79 Å². The maximum absolute atomic E-state index is 11.9. The Morgan fingerprint density at radius 3 is 2.31 bits per heavy atom. The molecule has 0 aromatic heterocycles. The van der Waals surface area contributed by atoms with Gasteiger partial charge in [-0.2, -0.15) is 0 Å². The molecule has 1 spiro atoms. The third kappa shape index (κ3) is 5.52. The van der Waals surface area contributed by atoms with Crippen LogP contribution in [0.4, 0.5) is 0 Å². The van der Waals surface area contributed by atoms with Crippen LogP contribution in [0.5, 0.6) is 5.75 Å². The molecule has 3 aliphatic heterocycles. The van der Waals surface area contributed by atoms with Crippen LogP contribution in [0.2, 0.25) is 5.02 Å². The number of halogens is 1. The average Bonchev–Trinajstić information content (AvgIpc) is 3.44. The molecule has 35 heavy (non-hydrogen) atoms. The van der Waals surface area contributed by atoms with Crippen LogP contribution in [0.3, 0.4) is 0 Å². The molecule has 6 heteroatoms. The Balaban J connectivity index is 0.000000453. The van der Waals surface area contributed by atoms with E-state index in [-0.39, 0.29) is 11.5 Å². The molecule has 5 nitrogen and oxygen atoms in total. The van der Waals surface area contributed by atoms with Gasteiger partial charge >= 0.3 is 0 Å². The van der Waals surface area contributed by atoms with E-state index in [1.165, 1.54) is 50.8 Å². The Labute approximate surface area is 214 Å². The Morgan fingerprint density at radius 1 is 1.00 bits per heavy atom. The van der Waals surface area contributed by atoms with Gasteiger partial charge in [-0.3, -0.25) is 4.79 Å². The van der Waals surface area contributed by atoms with Crippen molar-refractivity contribution in [1.29, 1.82) is 0 Å². The number of amides is 1. The number of hydrogen-bond acceptors (Lipinski definition) is 4. The third-order valence-corrected chi connectivity index (χ3v) is 8.45. The number of hydrogen-bond donors (Lipinski definition) is 1. The number of carbonyl (C=O) groups is 1. The summed E-state index contributed by atoms with van der Waals surface area (Å²) >= 11 is 6.35. The average molecular weight is 497 g/mol. The number of fused-ring (bicyclic) bond motifs is 1. The Kier molecular flexibility index (Phi) is 7.66. The molecule has 1 saturated carbocycles. The van der Waals surface area contributed by atoms with Gasteiger partial charge in [-0.25, -0.2) is 0 Å². The summed E-state index contributed by atoms with van der Waals surface area (Å²) in [4.78, 5) is 14.6. The fraction of sp³-hybridized carbons (Fsp3) is 0.552.